The van der Waals surface area contributed by atoms with Crippen LogP contribution in [0.15, 0.2) is 61.3 Å². The van der Waals surface area contributed by atoms with Crippen molar-refractivity contribution in [2.75, 3.05) is 43.6 Å². The fraction of sp³-hybridized carbons (Fsp3) is 0.217. The zero-order valence-corrected chi connectivity index (χ0v) is 18.4. The number of aromatic nitrogens is 4. The second kappa shape index (κ2) is 9.29. The Kier molecular flexibility index (Phi) is 5.91. The molecule has 0 aliphatic carbocycles. The molecule has 8 nitrogen and oxygen atoms in total. The van der Waals surface area contributed by atoms with Crippen molar-refractivity contribution in [2.45, 2.75) is 0 Å². The topological polar surface area (TPSA) is 85.3 Å². The molecule has 32 heavy (non-hydrogen) atoms. The molecule has 1 fully saturated rings. The number of pyridine rings is 3. The maximum absolute atomic E-state index is 5.44. The predicted octanol–water partition coefficient (Wildman–Crippen LogP) is 4.25. The summed E-state index contributed by atoms with van der Waals surface area (Å²) in [6.07, 6.45) is 9.02. The average Bonchev–Trinajstić information content (AvgIpc) is 3.33. The van der Waals surface area contributed by atoms with E-state index in [1.165, 1.54) is 0 Å². The maximum atomic E-state index is 5.44. The Hall–Kier alpha value is -3.56. The number of hydrogen-bond donors (Lipinski definition) is 1. The van der Waals surface area contributed by atoms with E-state index in [1.807, 2.05) is 49.1 Å². The van der Waals surface area contributed by atoms with Crippen LogP contribution < -0.4 is 15.0 Å². The Morgan fingerprint density at radius 3 is 2.75 bits per heavy atom. The van der Waals surface area contributed by atoms with E-state index in [0.717, 1.165) is 64.5 Å². The molecule has 0 atom stereocenters. The van der Waals surface area contributed by atoms with Crippen LogP contribution in [0.5, 0.6) is 5.88 Å². The van der Waals surface area contributed by atoms with E-state index in [0.29, 0.717) is 5.88 Å². The molecule has 5 heterocycles. The van der Waals surface area contributed by atoms with Gasteiger partial charge < -0.3 is 19.7 Å². The third kappa shape index (κ3) is 4.39. The van der Waals surface area contributed by atoms with Gasteiger partial charge in [-0.05, 0) is 24.3 Å². The standard InChI is InChI=1S/C23H22N6O2S/c1-30-22-19(3-2-5-26-22)16-11-17(14-24-13-16)20-15-27-23(32-20)28-21-12-18(4-6-25-21)29-7-9-31-10-8-29/h2-6,11-15H,7-10H2,1H3,(H,25,27,28). The second-order valence-electron chi connectivity index (χ2n) is 7.18. The van der Waals surface area contributed by atoms with E-state index in [9.17, 15) is 0 Å². The first kappa shape index (κ1) is 20.3. The molecule has 0 amide bonds. The van der Waals surface area contributed by atoms with Crippen molar-refractivity contribution in [1.82, 2.24) is 19.9 Å². The molecule has 0 bridgehead atoms. The zero-order chi connectivity index (χ0) is 21.8. The number of nitrogens with one attached hydrogen (secondary N) is 1. The lowest BCUT2D eigenvalue weighted by molar-refractivity contribution is 0.122. The molecule has 0 unspecified atom stereocenters. The highest BCUT2D eigenvalue weighted by molar-refractivity contribution is 7.18. The summed E-state index contributed by atoms with van der Waals surface area (Å²) >= 11 is 1.55. The molecular weight excluding hydrogens is 424 g/mol. The van der Waals surface area contributed by atoms with Crippen LogP contribution in [-0.4, -0.2) is 53.3 Å². The fourth-order valence-electron chi connectivity index (χ4n) is 3.58. The highest BCUT2D eigenvalue weighted by atomic mass is 32.1. The first-order chi connectivity index (χ1) is 15.8. The molecule has 5 rings (SSSR count). The van der Waals surface area contributed by atoms with Crippen molar-refractivity contribution in [3.05, 3.63) is 61.3 Å². The molecule has 0 spiro atoms. The lowest BCUT2D eigenvalue weighted by Crippen LogP contribution is -2.36. The number of morpholine rings is 1. The lowest BCUT2D eigenvalue weighted by Gasteiger charge is -2.28. The van der Waals surface area contributed by atoms with Crippen molar-refractivity contribution in [1.29, 1.82) is 0 Å². The zero-order valence-electron chi connectivity index (χ0n) is 17.6. The summed E-state index contributed by atoms with van der Waals surface area (Å²) in [7, 11) is 1.62. The minimum Gasteiger partial charge on any atom is -0.481 e. The Bertz CT molecular complexity index is 1210. The summed E-state index contributed by atoms with van der Waals surface area (Å²) in [5.74, 6) is 1.34. The highest BCUT2D eigenvalue weighted by Crippen LogP contribution is 2.34. The van der Waals surface area contributed by atoms with Gasteiger partial charge in [0.1, 0.15) is 5.82 Å². The van der Waals surface area contributed by atoms with Crippen molar-refractivity contribution >= 4 is 28.0 Å². The van der Waals surface area contributed by atoms with Crippen molar-refractivity contribution < 1.29 is 9.47 Å². The van der Waals surface area contributed by atoms with E-state index in [4.69, 9.17) is 9.47 Å². The maximum Gasteiger partial charge on any atom is 0.221 e. The van der Waals surface area contributed by atoms with Crippen molar-refractivity contribution in [3.63, 3.8) is 0 Å². The van der Waals surface area contributed by atoms with E-state index < -0.39 is 0 Å². The smallest absolute Gasteiger partial charge is 0.221 e. The molecule has 1 saturated heterocycles. The summed E-state index contributed by atoms with van der Waals surface area (Å²) in [6, 6.07) is 9.99. The van der Waals surface area contributed by atoms with Crippen LogP contribution in [0.3, 0.4) is 0 Å². The number of ether oxygens (including phenoxy) is 2. The van der Waals surface area contributed by atoms with Crippen LogP contribution in [0, 0.1) is 0 Å². The number of thiazole rings is 1. The second-order valence-corrected chi connectivity index (χ2v) is 8.21. The third-order valence-corrected chi connectivity index (χ3v) is 6.12. The van der Waals surface area contributed by atoms with Crippen molar-refractivity contribution in [2.24, 2.45) is 0 Å². The van der Waals surface area contributed by atoms with E-state index >= 15 is 0 Å². The summed E-state index contributed by atoms with van der Waals surface area (Å²) < 4.78 is 10.8. The summed E-state index contributed by atoms with van der Waals surface area (Å²) in [5.41, 5.74) is 3.95. The number of methoxy groups -OCH3 is 1. The van der Waals surface area contributed by atoms with Gasteiger partial charge >= 0.3 is 0 Å². The van der Waals surface area contributed by atoms with Gasteiger partial charge in [-0.3, -0.25) is 4.98 Å². The van der Waals surface area contributed by atoms with Crippen LogP contribution in [0.4, 0.5) is 16.6 Å². The summed E-state index contributed by atoms with van der Waals surface area (Å²) in [4.78, 5) is 21.0. The first-order valence-electron chi connectivity index (χ1n) is 10.3. The SMILES string of the molecule is COc1ncccc1-c1cncc(-c2cnc(Nc3cc(N4CCOCC4)ccn3)s2)c1. The molecule has 1 aliphatic heterocycles. The number of nitrogens with zero attached hydrogens (tertiary/aromatic N) is 5. The van der Waals surface area contributed by atoms with Gasteiger partial charge in [-0.25, -0.2) is 15.0 Å². The molecule has 9 heteroatoms. The quantitative estimate of drug-likeness (QED) is 0.471. The van der Waals surface area contributed by atoms with Gasteiger partial charge in [0.15, 0.2) is 5.13 Å². The third-order valence-electron chi connectivity index (χ3n) is 5.16. The number of hydrogen-bond acceptors (Lipinski definition) is 9. The van der Waals surface area contributed by atoms with E-state index in [1.54, 1.807) is 24.6 Å². The van der Waals surface area contributed by atoms with Gasteiger partial charge in [0, 0.05) is 72.5 Å². The Labute approximate surface area is 189 Å². The average molecular weight is 447 g/mol. The Morgan fingerprint density at radius 2 is 1.88 bits per heavy atom. The van der Waals surface area contributed by atoms with Crippen molar-refractivity contribution in [3.8, 4) is 27.4 Å². The van der Waals surface area contributed by atoms with Gasteiger partial charge in [0.2, 0.25) is 5.88 Å². The normalized spacial score (nSPS) is 13.7. The van der Waals surface area contributed by atoms with Crippen LogP contribution in [0.2, 0.25) is 0 Å². The largest absolute Gasteiger partial charge is 0.481 e. The molecule has 0 saturated carbocycles. The van der Waals surface area contributed by atoms with Crippen LogP contribution in [0.25, 0.3) is 21.6 Å². The first-order valence-corrected chi connectivity index (χ1v) is 11.1. The van der Waals surface area contributed by atoms with Crippen LogP contribution >= 0.6 is 11.3 Å². The highest BCUT2D eigenvalue weighted by Gasteiger charge is 2.13. The molecule has 0 radical (unpaired) electrons. The van der Waals surface area contributed by atoms with E-state index in [2.05, 4.69) is 36.2 Å². The van der Waals surface area contributed by atoms with Crippen LogP contribution in [-0.2, 0) is 4.74 Å². The molecule has 4 aromatic rings. The summed E-state index contributed by atoms with van der Waals surface area (Å²) in [6.45, 7) is 3.27. The molecule has 162 valence electrons. The fourth-order valence-corrected chi connectivity index (χ4v) is 4.38. The van der Waals surface area contributed by atoms with Crippen LogP contribution in [0.1, 0.15) is 0 Å². The van der Waals surface area contributed by atoms with Gasteiger partial charge in [0.05, 0.1) is 25.2 Å². The molecule has 1 aliphatic rings. The van der Waals surface area contributed by atoms with Gasteiger partial charge in [-0.15, -0.1) is 0 Å². The molecule has 0 aromatic carbocycles. The summed E-state index contributed by atoms with van der Waals surface area (Å²) in [5, 5.41) is 4.10. The Morgan fingerprint density at radius 1 is 1.00 bits per heavy atom. The minimum absolute atomic E-state index is 0.573. The van der Waals surface area contributed by atoms with Gasteiger partial charge in [-0.2, -0.15) is 0 Å². The molecule has 1 N–H and O–H groups in total. The number of rotatable bonds is 6. The molecule has 4 aromatic heterocycles. The lowest BCUT2D eigenvalue weighted by atomic mass is 10.1. The monoisotopic (exact) mass is 446 g/mol. The van der Waals surface area contributed by atoms with E-state index in [-0.39, 0.29) is 0 Å². The number of anilines is 3. The van der Waals surface area contributed by atoms with Gasteiger partial charge in [-0.1, -0.05) is 11.3 Å². The molecular formula is C23H22N6O2S. The Balaban J connectivity index is 1.36. The minimum atomic E-state index is 0.573. The van der Waals surface area contributed by atoms with Gasteiger partial charge in [0.25, 0.3) is 0 Å². The predicted molar refractivity (Wildman–Crippen MR) is 126 cm³/mol.